The lowest BCUT2D eigenvalue weighted by Gasteiger charge is -2.43. The maximum Gasteiger partial charge on any atom is 0.407 e. The van der Waals surface area contributed by atoms with Gasteiger partial charge in [0.1, 0.15) is 28.7 Å². The minimum atomic E-state index is -1.12. The van der Waals surface area contributed by atoms with Crippen molar-refractivity contribution in [3.8, 4) is 0 Å². The fraction of sp³-hybridized carbons (Fsp3) is 0.750. The molecule has 2 saturated heterocycles. The van der Waals surface area contributed by atoms with E-state index in [1.54, 1.807) is 23.1 Å². The highest BCUT2D eigenvalue weighted by Crippen LogP contribution is 2.28. The number of ether oxygens (including phenoxy) is 1. The molecule has 0 radical (unpaired) electrons. The zero-order chi connectivity index (χ0) is 30.3. The Balaban J connectivity index is 1.93. The molecule has 3 rings (SSSR count). The summed E-state index contributed by atoms with van der Waals surface area (Å²) in [5, 5.41) is 13.2. The van der Waals surface area contributed by atoms with Gasteiger partial charge in [0.05, 0.1) is 25.0 Å². The first-order chi connectivity index (χ1) is 19.3. The summed E-state index contributed by atoms with van der Waals surface area (Å²) in [6.07, 6.45) is 1.50. The third-order valence-electron chi connectivity index (χ3n) is 7.31. The van der Waals surface area contributed by atoms with Gasteiger partial charge in [-0.25, -0.2) is 14.8 Å². The number of carbonyl (C=O) groups is 3. The third kappa shape index (κ3) is 8.92. The smallest absolute Gasteiger partial charge is 0.407 e. The number of nitrogens with one attached hydrogen (secondary N) is 1. The lowest BCUT2D eigenvalue weighted by Crippen LogP contribution is -2.58. The minimum absolute atomic E-state index is 0.0731. The van der Waals surface area contributed by atoms with Crippen LogP contribution in [0.1, 0.15) is 63.6 Å². The molecule has 0 aromatic carbocycles. The summed E-state index contributed by atoms with van der Waals surface area (Å²) in [5.41, 5.74) is -0.0211. The van der Waals surface area contributed by atoms with E-state index in [2.05, 4.69) is 10.3 Å². The predicted octanol–water partition coefficient (Wildman–Crippen LogP) is 2.28. The molecule has 3 amide bonds. The topological polar surface area (TPSA) is 151 Å². The van der Waals surface area contributed by atoms with Crippen molar-refractivity contribution in [1.29, 1.82) is 0 Å². The average molecular weight is 595 g/mol. The molecule has 13 heteroatoms. The van der Waals surface area contributed by atoms with Crippen molar-refractivity contribution < 1.29 is 28.8 Å². The Morgan fingerprint density at radius 3 is 2.49 bits per heavy atom. The first-order valence-electron chi connectivity index (χ1n) is 14.3. The van der Waals surface area contributed by atoms with Crippen LogP contribution >= 0.6 is 0 Å². The fourth-order valence-corrected chi connectivity index (χ4v) is 6.21. The largest absolute Gasteiger partial charge is 0.616 e. The van der Waals surface area contributed by atoms with E-state index < -0.39 is 29.2 Å². The van der Waals surface area contributed by atoms with Crippen molar-refractivity contribution in [3.63, 3.8) is 0 Å². The maximum absolute atomic E-state index is 14.2. The lowest BCUT2D eigenvalue weighted by atomic mass is 9.91. The van der Waals surface area contributed by atoms with Crippen LogP contribution in [0.15, 0.2) is 6.20 Å². The van der Waals surface area contributed by atoms with Crippen molar-refractivity contribution in [3.05, 3.63) is 17.6 Å². The lowest BCUT2D eigenvalue weighted by molar-refractivity contribution is -0.137. The Morgan fingerprint density at radius 1 is 1.22 bits per heavy atom. The van der Waals surface area contributed by atoms with Gasteiger partial charge in [0.15, 0.2) is 0 Å². The van der Waals surface area contributed by atoms with Gasteiger partial charge >= 0.3 is 6.09 Å². The van der Waals surface area contributed by atoms with Gasteiger partial charge in [0.2, 0.25) is 5.91 Å². The summed E-state index contributed by atoms with van der Waals surface area (Å²) < 4.78 is 17.0. The molecule has 2 N–H and O–H groups in total. The second-order valence-electron chi connectivity index (χ2n) is 12.3. The van der Waals surface area contributed by atoms with E-state index >= 15 is 0 Å². The molecule has 41 heavy (non-hydrogen) atoms. The first kappa shape index (κ1) is 32.9. The summed E-state index contributed by atoms with van der Waals surface area (Å²) in [6.45, 7) is 12.5. The number of rotatable bonds is 10. The number of anilines is 1. The molecule has 2 fully saturated rings. The van der Waals surface area contributed by atoms with Gasteiger partial charge < -0.3 is 34.4 Å². The molecule has 0 bridgehead atoms. The number of carbonyl (C=O) groups excluding carboxylic acids is 2. The molecule has 1 aromatic rings. The van der Waals surface area contributed by atoms with Crippen LogP contribution in [-0.4, -0.2) is 123 Å². The Kier molecular flexibility index (Phi) is 11.6. The molecule has 0 aliphatic carbocycles. The van der Waals surface area contributed by atoms with Gasteiger partial charge in [0, 0.05) is 51.5 Å². The molecular weight excluding hydrogens is 548 g/mol. The van der Waals surface area contributed by atoms with Gasteiger partial charge in [-0.1, -0.05) is 45.8 Å². The number of hydrogen-bond donors (Lipinski definition) is 2. The van der Waals surface area contributed by atoms with Gasteiger partial charge in [0.25, 0.3) is 5.91 Å². The number of hydrogen-bond acceptors (Lipinski definition) is 8. The zero-order valence-electron chi connectivity index (χ0n) is 25.2. The molecular formula is C28H46N6O6S. The zero-order valence-corrected chi connectivity index (χ0v) is 26.0. The van der Waals surface area contributed by atoms with Crippen LogP contribution in [-0.2, 0) is 26.1 Å². The van der Waals surface area contributed by atoms with Gasteiger partial charge in [-0.15, -0.1) is 0 Å². The Labute approximate surface area is 246 Å². The van der Waals surface area contributed by atoms with Crippen molar-refractivity contribution in [2.45, 2.75) is 58.9 Å². The summed E-state index contributed by atoms with van der Waals surface area (Å²) in [4.78, 5) is 53.7. The molecule has 230 valence electrons. The van der Waals surface area contributed by atoms with Gasteiger partial charge in [-0.05, 0) is 18.8 Å². The van der Waals surface area contributed by atoms with E-state index in [4.69, 9.17) is 9.72 Å². The standard InChI is InChI=1S/C28H46N6O6S/c1-19(2)16-34(25(36)22-15-30-26(28(3,4)5)31-23(22)29-8-7-11-40-6)21-14-20(17-33(18-21)27(37)38)24(35)32-9-12-41(39)13-10-32/h15,19-21H,7-14,16-18H2,1-6H3,(H,37,38)(H,29,30,31)/t20-,21+/m1/s1. The van der Waals surface area contributed by atoms with Crippen molar-refractivity contribution in [2.75, 3.05) is 69.8 Å². The van der Waals surface area contributed by atoms with Gasteiger partial charge in [-0.2, -0.15) is 0 Å². The molecule has 2 aliphatic heterocycles. The van der Waals surface area contributed by atoms with Crippen molar-refractivity contribution >= 4 is 34.9 Å². The second kappa shape index (κ2) is 14.5. The van der Waals surface area contributed by atoms with Crippen LogP contribution in [0.4, 0.5) is 10.6 Å². The van der Waals surface area contributed by atoms with E-state index in [0.717, 1.165) is 6.42 Å². The average Bonchev–Trinajstić information content (AvgIpc) is 2.92. The van der Waals surface area contributed by atoms with Crippen LogP contribution < -0.4 is 5.32 Å². The highest BCUT2D eigenvalue weighted by molar-refractivity contribution is 7.91. The van der Waals surface area contributed by atoms with Gasteiger partial charge in [-0.3, -0.25) is 9.59 Å². The van der Waals surface area contributed by atoms with E-state index in [9.17, 15) is 24.0 Å². The van der Waals surface area contributed by atoms with Crippen LogP contribution in [0.3, 0.4) is 0 Å². The Hall–Kier alpha value is -2.64. The van der Waals surface area contributed by atoms with Crippen LogP contribution in [0, 0.1) is 11.8 Å². The fourth-order valence-electron chi connectivity index (χ4n) is 5.15. The predicted molar refractivity (Wildman–Crippen MR) is 158 cm³/mol. The summed E-state index contributed by atoms with van der Waals surface area (Å²) in [7, 11) is 1.63. The number of piperidine rings is 1. The van der Waals surface area contributed by atoms with E-state index in [1.165, 1.54) is 4.90 Å². The Bertz CT molecular complexity index is 1060. The molecule has 1 aromatic heterocycles. The number of amides is 3. The maximum atomic E-state index is 14.2. The monoisotopic (exact) mass is 594 g/mol. The summed E-state index contributed by atoms with van der Waals surface area (Å²) in [6, 6.07) is -0.508. The summed E-state index contributed by atoms with van der Waals surface area (Å²) in [5.74, 6) is 0.933. The van der Waals surface area contributed by atoms with Crippen LogP contribution in [0.5, 0.6) is 0 Å². The molecule has 2 atom stereocenters. The number of likely N-dealkylation sites (tertiary alicyclic amines) is 1. The Morgan fingerprint density at radius 2 is 1.90 bits per heavy atom. The highest BCUT2D eigenvalue weighted by atomic mass is 32.2. The number of aromatic nitrogens is 2. The van der Waals surface area contributed by atoms with E-state index in [0.29, 0.717) is 67.9 Å². The third-order valence-corrected chi connectivity index (χ3v) is 8.58. The molecule has 0 unspecified atom stereocenters. The second-order valence-corrected chi connectivity index (χ2v) is 14.0. The summed E-state index contributed by atoms with van der Waals surface area (Å²) >= 11 is -0.935. The molecule has 2 aliphatic rings. The number of nitrogens with zero attached hydrogens (tertiary/aromatic N) is 5. The molecule has 12 nitrogen and oxygen atoms in total. The van der Waals surface area contributed by atoms with E-state index in [1.807, 2.05) is 34.6 Å². The van der Waals surface area contributed by atoms with E-state index in [-0.39, 0.29) is 36.2 Å². The normalized spacial score (nSPS) is 20.3. The SMILES string of the molecule is COCCCNc1nc(C(C)(C)C)ncc1C(=O)N(CC(C)C)[C@H]1C[C@@H](C(=O)N2CC[S+]([O-])CC2)CN(C(=O)O)C1. The quantitative estimate of drug-likeness (QED) is 0.307. The molecule has 0 saturated carbocycles. The van der Waals surface area contributed by atoms with Crippen molar-refractivity contribution in [2.24, 2.45) is 11.8 Å². The number of methoxy groups -OCH3 is 1. The minimum Gasteiger partial charge on any atom is -0.616 e. The molecule has 3 heterocycles. The van der Waals surface area contributed by atoms with Crippen LogP contribution in [0.25, 0.3) is 0 Å². The number of carboxylic acid groups (broad SMARTS) is 1. The first-order valence-corrected chi connectivity index (χ1v) is 15.8. The van der Waals surface area contributed by atoms with Crippen LogP contribution in [0.2, 0.25) is 0 Å². The highest BCUT2D eigenvalue weighted by Gasteiger charge is 2.41. The molecule has 0 spiro atoms. The van der Waals surface area contributed by atoms with Crippen molar-refractivity contribution in [1.82, 2.24) is 24.7 Å².